The van der Waals surface area contributed by atoms with Crippen molar-refractivity contribution in [3.8, 4) is 0 Å². The molecule has 0 saturated carbocycles. The molecular formula is C4H4Cl2IrN. The second-order valence-electron chi connectivity index (χ2n) is 0.994. The zero-order valence-electron chi connectivity index (χ0n) is 3.82. The van der Waals surface area contributed by atoms with E-state index in [0.29, 0.717) is 0 Å². The van der Waals surface area contributed by atoms with Gasteiger partial charge in [0, 0.05) is 0 Å². The molecule has 0 aliphatic heterocycles. The molecule has 0 atom stereocenters. The van der Waals surface area contributed by atoms with Gasteiger partial charge in [-0.1, -0.05) is 0 Å². The molecule has 0 saturated heterocycles. The van der Waals surface area contributed by atoms with Crippen LogP contribution in [0.3, 0.4) is 0 Å². The van der Waals surface area contributed by atoms with Crippen molar-refractivity contribution < 1.29 is 43.7 Å². The van der Waals surface area contributed by atoms with E-state index in [1.54, 1.807) is 0 Å². The van der Waals surface area contributed by atoms with Crippen molar-refractivity contribution in [2.75, 3.05) is 0 Å². The van der Waals surface area contributed by atoms with Crippen LogP contribution in [-0.2, 0) is 18.9 Å². The van der Waals surface area contributed by atoms with Crippen LogP contribution >= 0.6 is 0 Å². The molecule has 0 radical (unpaired) electrons. The van der Waals surface area contributed by atoms with Gasteiger partial charge in [-0.2, -0.15) is 0 Å². The third kappa shape index (κ3) is 3.50. The summed E-state index contributed by atoms with van der Waals surface area (Å²) in [6.07, 6.45) is 1.91. The van der Waals surface area contributed by atoms with Crippen LogP contribution in [0.4, 0.5) is 0 Å². The van der Waals surface area contributed by atoms with Gasteiger partial charge in [-0.05, 0) is 0 Å². The van der Waals surface area contributed by atoms with Gasteiger partial charge in [-0.15, -0.1) is 0 Å². The van der Waals surface area contributed by atoms with E-state index >= 15 is 0 Å². The van der Waals surface area contributed by atoms with Crippen LogP contribution in [0.1, 0.15) is 0 Å². The third-order valence-electron chi connectivity index (χ3n) is 0.546. The van der Waals surface area contributed by atoms with Gasteiger partial charge in [0.2, 0.25) is 0 Å². The van der Waals surface area contributed by atoms with Crippen LogP contribution in [0.15, 0.2) is 18.3 Å². The van der Waals surface area contributed by atoms with Crippen LogP contribution in [0.5, 0.6) is 0 Å². The summed E-state index contributed by atoms with van der Waals surface area (Å²) >= 11 is 2.03. The molecule has 0 aliphatic carbocycles. The average Bonchev–Trinajstić information content (AvgIpc) is 1.86. The van der Waals surface area contributed by atoms with Gasteiger partial charge in [-0.25, -0.2) is 0 Å². The van der Waals surface area contributed by atoms with E-state index in [-0.39, 0.29) is 24.8 Å². The molecular weight excluding hydrogens is 325 g/mol. The fourth-order valence-corrected chi connectivity index (χ4v) is 0.730. The van der Waals surface area contributed by atoms with Crippen molar-refractivity contribution in [2.24, 2.45) is 0 Å². The molecule has 1 N–H and O–H groups in total. The number of halogens is 2. The summed E-state index contributed by atoms with van der Waals surface area (Å²) in [4.78, 5) is 3.00. The summed E-state index contributed by atoms with van der Waals surface area (Å²) in [6, 6.07) is 4.01. The maximum absolute atomic E-state index is 3.00. The van der Waals surface area contributed by atoms with E-state index < -0.39 is 0 Å². The standard InChI is InChI=1S/C4H4N.2ClH.Ir/c1-2-4-5-3-1;;;/h1-3,5H;2*1H;/q;;;+2/p-2. The molecule has 1 aromatic rings. The Labute approximate surface area is 71.2 Å². The summed E-state index contributed by atoms with van der Waals surface area (Å²) in [6.45, 7) is 0. The summed E-state index contributed by atoms with van der Waals surface area (Å²) < 4.78 is 1.22. The minimum absolute atomic E-state index is 0. The third-order valence-corrected chi connectivity index (χ3v) is 1.29. The maximum atomic E-state index is 3.00. The number of H-pyrrole nitrogens is 1. The average molecular weight is 329 g/mol. The van der Waals surface area contributed by atoms with Crippen molar-refractivity contribution >= 4 is 4.21 Å². The van der Waals surface area contributed by atoms with Gasteiger partial charge in [-0.3, -0.25) is 0 Å². The first-order chi connectivity index (χ1) is 2.89. The van der Waals surface area contributed by atoms with E-state index in [1.165, 1.54) is 4.21 Å². The fraction of sp³-hybridized carbons (Fsp3) is 0. The first-order valence-electron chi connectivity index (χ1n) is 1.66. The van der Waals surface area contributed by atoms with E-state index in [2.05, 4.69) is 4.98 Å². The van der Waals surface area contributed by atoms with Crippen molar-refractivity contribution in [3.63, 3.8) is 0 Å². The number of hydrogen-bond acceptors (Lipinski definition) is 0. The van der Waals surface area contributed by atoms with Crippen molar-refractivity contribution in [3.05, 3.63) is 18.3 Å². The molecule has 1 aromatic heterocycles. The molecule has 48 valence electrons. The molecule has 1 nitrogen and oxygen atoms in total. The summed E-state index contributed by atoms with van der Waals surface area (Å²) in [5, 5.41) is 0. The molecule has 0 unspecified atom stereocenters. The zero-order valence-corrected chi connectivity index (χ0v) is 7.73. The van der Waals surface area contributed by atoms with E-state index in [9.17, 15) is 0 Å². The Balaban J connectivity index is 0. The van der Waals surface area contributed by atoms with Crippen LogP contribution in [-0.4, -0.2) is 4.98 Å². The minimum atomic E-state index is 0. The van der Waals surface area contributed by atoms with Crippen LogP contribution in [0.25, 0.3) is 0 Å². The topological polar surface area (TPSA) is 15.8 Å². The molecule has 4 heteroatoms. The SMILES string of the molecule is [Cl-].[Cl-].[Ir+2][c]1ccc[nH]1. The Morgan fingerprint density at radius 2 is 2.00 bits per heavy atom. The molecule has 0 bridgehead atoms. The first-order valence-corrected chi connectivity index (χ1v) is 2.86. The summed E-state index contributed by atoms with van der Waals surface area (Å²) in [7, 11) is 0. The Kier molecular flexibility index (Phi) is 7.99. The predicted molar refractivity (Wildman–Crippen MR) is 20.4 cm³/mol. The molecule has 0 aliphatic rings. The van der Waals surface area contributed by atoms with Crippen LogP contribution in [0.2, 0.25) is 0 Å². The van der Waals surface area contributed by atoms with Crippen molar-refractivity contribution in [2.45, 2.75) is 0 Å². The number of nitrogens with one attached hydrogen (secondary N) is 1. The molecule has 1 rings (SSSR count). The van der Waals surface area contributed by atoms with Crippen molar-refractivity contribution in [1.29, 1.82) is 0 Å². The van der Waals surface area contributed by atoms with Gasteiger partial charge < -0.3 is 24.8 Å². The molecule has 0 aromatic carbocycles. The van der Waals surface area contributed by atoms with Gasteiger partial charge in [0.15, 0.2) is 0 Å². The summed E-state index contributed by atoms with van der Waals surface area (Å²) in [5.41, 5.74) is 0. The molecule has 0 fully saturated rings. The Morgan fingerprint density at radius 1 is 1.38 bits per heavy atom. The van der Waals surface area contributed by atoms with Crippen LogP contribution < -0.4 is 29.0 Å². The van der Waals surface area contributed by atoms with Crippen LogP contribution in [0, 0.1) is 0 Å². The quantitative estimate of drug-likeness (QED) is 0.488. The zero-order chi connectivity index (χ0) is 4.41. The fourth-order valence-electron chi connectivity index (χ4n) is 0.300. The number of aromatic nitrogens is 1. The van der Waals surface area contributed by atoms with Gasteiger partial charge >= 0.3 is 46.4 Å². The monoisotopic (exact) mass is 329 g/mol. The van der Waals surface area contributed by atoms with Gasteiger partial charge in [0.25, 0.3) is 0 Å². The Hall–Kier alpha value is 0.509. The van der Waals surface area contributed by atoms with E-state index in [1.807, 2.05) is 37.2 Å². The number of hydrogen-bond donors (Lipinski definition) is 1. The van der Waals surface area contributed by atoms with Gasteiger partial charge in [0.1, 0.15) is 0 Å². The number of rotatable bonds is 0. The second kappa shape index (κ2) is 5.64. The van der Waals surface area contributed by atoms with Crippen molar-refractivity contribution in [1.82, 2.24) is 4.98 Å². The number of aromatic amines is 1. The predicted octanol–water partition coefficient (Wildman–Crippen LogP) is -5.81. The van der Waals surface area contributed by atoms with E-state index in [0.717, 1.165) is 0 Å². The Bertz CT molecular complexity index is 118. The molecule has 0 amide bonds. The first kappa shape index (κ1) is 11.3. The second-order valence-corrected chi connectivity index (χ2v) is 2.28. The Morgan fingerprint density at radius 3 is 2.12 bits per heavy atom. The molecule has 0 spiro atoms. The van der Waals surface area contributed by atoms with Gasteiger partial charge in [0.05, 0.1) is 0 Å². The molecule has 1 heterocycles. The molecule has 8 heavy (non-hydrogen) atoms. The normalized spacial score (nSPS) is 6.62. The van der Waals surface area contributed by atoms with E-state index in [4.69, 9.17) is 0 Å². The summed E-state index contributed by atoms with van der Waals surface area (Å²) in [5.74, 6) is 0.